The molecule has 0 saturated heterocycles. The Balaban J connectivity index is 3.44. The first-order valence-corrected chi connectivity index (χ1v) is 8.75. The van der Waals surface area contributed by atoms with E-state index >= 15 is 0 Å². The summed E-state index contributed by atoms with van der Waals surface area (Å²) in [5.74, 6) is 0. The van der Waals surface area contributed by atoms with Gasteiger partial charge in [-0.25, -0.2) is 13.1 Å². The number of benzene rings is 1. The van der Waals surface area contributed by atoms with Gasteiger partial charge in [-0.3, -0.25) is 0 Å². The fraction of sp³-hybridized carbons (Fsp3) is 0.571. The van der Waals surface area contributed by atoms with Crippen LogP contribution in [0.1, 0.15) is 45.2 Å². The van der Waals surface area contributed by atoms with Gasteiger partial charge in [0.2, 0.25) is 10.0 Å². The molecule has 1 aromatic carbocycles. The SMILES string of the molecule is CCCc1cc(Cl)c(S(=O)(=O)NC(C)(C)C)c(Cl)c1C. The second kappa shape index (κ2) is 6.22. The van der Waals surface area contributed by atoms with Gasteiger partial charge in [-0.15, -0.1) is 0 Å². The molecule has 0 fully saturated rings. The highest BCUT2D eigenvalue weighted by Crippen LogP contribution is 2.35. The minimum absolute atomic E-state index is 0.0342. The molecule has 0 aliphatic rings. The molecule has 20 heavy (non-hydrogen) atoms. The van der Waals surface area contributed by atoms with E-state index in [1.54, 1.807) is 26.8 Å². The largest absolute Gasteiger partial charge is 0.244 e. The lowest BCUT2D eigenvalue weighted by atomic mass is 10.0. The van der Waals surface area contributed by atoms with E-state index in [9.17, 15) is 8.42 Å². The molecule has 0 amide bonds. The summed E-state index contributed by atoms with van der Waals surface area (Å²) in [6.07, 6.45) is 1.76. The molecule has 0 aliphatic heterocycles. The van der Waals surface area contributed by atoms with E-state index < -0.39 is 15.6 Å². The summed E-state index contributed by atoms with van der Waals surface area (Å²) in [6.45, 7) is 9.17. The second-order valence-corrected chi connectivity index (χ2v) is 8.30. The Morgan fingerprint density at radius 2 is 1.80 bits per heavy atom. The smallest absolute Gasteiger partial charge is 0.207 e. The predicted molar refractivity (Wildman–Crippen MR) is 85.3 cm³/mol. The lowest BCUT2D eigenvalue weighted by molar-refractivity contribution is 0.491. The molecule has 0 saturated carbocycles. The second-order valence-electron chi connectivity index (χ2n) is 5.89. The Kier molecular flexibility index (Phi) is 5.53. The van der Waals surface area contributed by atoms with E-state index in [0.717, 1.165) is 24.0 Å². The fourth-order valence-electron chi connectivity index (χ4n) is 1.97. The minimum atomic E-state index is -3.75. The monoisotopic (exact) mass is 337 g/mol. The molecule has 0 aromatic heterocycles. The van der Waals surface area contributed by atoms with Gasteiger partial charge >= 0.3 is 0 Å². The Bertz CT molecular complexity index is 605. The number of aryl methyl sites for hydroxylation is 1. The fourth-order valence-corrected chi connectivity index (χ4v) is 4.69. The molecular weight excluding hydrogens is 317 g/mol. The first kappa shape index (κ1) is 17.8. The molecule has 0 heterocycles. The molecule has 1 N–H and O–H groups in total. The highest BCUT2D eigenvalue weighted by Gasteiger charge is 2.28. The van der Waals surface area contributed by atoms with Gasteiger partial charge in [-0.2, -0.15) is 0 Å². The molecular formula is C14H21Cl2NO2S. The Labute approximate surface area is 131 Å². The van der Waals surface area contributed by atoms with Crippen LogP contribution < -0.4 is 4.72 Å². The Morgan fingerprint density at radius 1 is 1.25 bits per heavy atom. The average molecular weight is 338 g/mol. The van der Waals surface area contributed by atoms with Crippen molar-refractivity contribution in [3.8, 4) is 0 Å². The van der Waals surface area contributed by atoms with Gasteiger partial charge in [-0.05, 0) is 51.3 Å². The zero-order valence-corrected chi connectivity index (χ0v) is 14.8. The van der Waals surface area contributed by atoms with Crippen LogP contribution in [-0.2, 0) is 16.4 Å². The summed E-state index contributed by atoms with van der Waals surface area (Å²) in [5.41, 5.74) is 1.16. The topological polar surface area (TPSA) is 46.2 Å². The van der Waals surface area contributed by atoms with Crippen LogP contribution in [0.25, 0.3) is 0 Å². The lowest BCUT2D eigenvalue weighted by Crippen LogP contribution is -2.40. The van der Waals surface area contributed by atoms with Gasteiger partial charge in [0.05, 0.1) is 10.0 Å². The van der Waals surface area contributed by atoms with E-state index in [0.29, 0.717) is 0 Å². The third kappa shape index (κ3) is 4.10. The summed E-state index contributed by atoms with van der Waals surface area (Å²) < 4.78 is 27.4. The molecule has 1 rings (SSSR count). The number of hydrogen-bond acceptors (Lipinski definition) is 2. The third-order valence-corrected chi connectivity index (χ3v) is 5.59. The van der Waals surface area contributed by atoms with Crippen molar-refractivity contribution in [2.45, 2.75) is 57.9 Å². The van der Waals surface area contributed by atoms with Gasteiger partial charge in [0.1, 0.15) is 4.90 Å². The van der Waals surface area contributed by atoms with Crippen molar-refractivity contribution in [1.82, 2.24) is 4.72 Å². The first-order valence-electron chi connectivity index (χ1n) is 6.51. The van der Waals surface area contributed by atoms with Crippen LogP contribution in [-0.4, -0.2) is 14.0 Å². The molecule has 0 radical (unpaired) electrons. The van der Waals surface area contributed by atoms with Gasteiger partial charge < -0.3 is 0 Å². The van der Waals surface area contributed by atoms with Crippen LogP contribution in [0.2, 0.25) is 10.0 Å². The third-order valence-electron chi connectivity index (χ3n) is 2.76. The number of hydrogen-bond donors (Lipinski definition) is 1. The van der Waals surface area contributed by atoms with Crippen LogP contribution in [0.4, 0.5) is 0 Å². The molecule has 1 aromatic rings. The van der Waals surface area contributed by atoms with E-state index in [1.165, 1.54) is 0 Å². The number of nitrogens with one attached hydrogen (secondary N) is 1. The van der Waals surface area contributed by atoms with Crippen LogP contribution >= 0.6 is 23.2 Å². The number of sulfonamides is 1. The number of rotatable bonds is 4. The van der Waals surface area contributed by atoms with Crippen molar-refractivity contribution in [2.75, 3.05) is 0 Å². The van der Waals surface area contributed by atoms with Crippen molar-refractivity contribution >= 4 is 33.2 Å². The van der Waals surface area contributed by atoms with Crippen LogP contribution in [0.3, 0.4) is 0 Å². The number of halogens is 2. The first-order chi connectivity index (χ1) is 8.99. The molecule has 0 spiro atoms. The van der Waals surface area contributed by atoms with Crippen molar-refractivity contribution in [1.29, 1.82) is 0 Å². The summed E-state index contributed by atoms with van der Waals surface area (Å²) >= 11 is 12.4. The van der Waals surface area contributed by atoms with Gasteiger partial charge in [0.15, 0.2) is 0 Å². The lowest BCUT2D eigenvalue weighted by Gasteiger charge is -2.22. The maximum absolute atomic E-state index is 12.4. The molecule has 0 aliphatic carbocycles. The highest BCUT2D eigenvalue weighted by atomic mass is 35.5. The van der Waals surface area contributed by atoms with Crippen LogP contribution in [0, 0.1) is 6.92 Å². The standard InChI is InChI=1S/C14H21Cl2NO2S/c1-6-7-10-8-11(15)13(12(16)9(10)2)20(18,19)17-14(3,4)5/h8,17H,6-7H2,1-5H3. The molecule has 6 heteroatoms. The maximum atomic E-state index is 12.4. The average Bonchev–Trinajstić information content (AvgIpc) is 2.21. The van der Waals surface area contributed by atoms with Crippen molar-refractivity contribution in [2.24, 2.45) is 0 Å². The maximum Gasteiger partial charge on any atom is 0.244 e. The van der Waals surface area contributed by atoms with E-state index in [-0.39, 0.29) is 14.9 Å². The summed E-state index contributed by atoms with van der Waals surface area (Å²) in [5, 5.41) is 0.374. The quantitative estimate of drug-likeness (QED) is 0.888. The molecule has 114 valence electrons. The van der Waals surface area contributed by atoms with Gasteiger partial charge in [0.25, 0.3) is 0 Å². The van der Waals surface area contributed by atoms with E-state index in [2.05, 4.69) is 4.72 Å². The molecule has 0 bridgehead atoms. The zero-order valence-electron chi connectivity index (χ0n) is 12.5. The predicted octanol–water partition coefficient (Wildman–Crippen LogP) is 4.33. The molecule has 0 atom stereocenters. The van der Waals surface area contributed by atoms with Gasteiger partial charge in [-0.1, -0.05) is 36.5 Å². The van der Waals surface area contributed by atoms with E-state index in [4.69, 9.17) is 23.2 Å². The highest BCUT2D eigenvalue weighted by molar-refractivity contribution is 7.89. The minimum Gasteiger partial charge on any atom is -0.207 e. The van der Waals surface area contributed by atoms with Crippen LogP contribution in [0.5, 0.6) is 0 Å². The molecule has 0 unspecified atom stereocenters. The zero-order chi connectivity index (χ0) is 15.7. The Morgan fingerprint density at radius 3 is 2.25 bits per heavy atom. The summed E-state index contributed by atoms with van der Waals surface area (Å²) in [7, 11) is -3.75. The van der Waals surface area contributed by atoms with Crippen molar-refractivity contribution in [3.05, 3.63) is 27.2 Å². The van der Waals surface area contributed by atoms with Gasteiger partial charge in [0, 0.05) is 5.54 Å². The van der Waals surface area contributed by atoms with Crippen molar-refractivity contribution in [3.63, 3.8) is 0 Å². The normalized spacial score (nSPS) is 12.8. The Hall–Kier alpha value is -0.290. The summed E-state index contributed by atoms with van der Waals surface area (Å²) in [4.78, 5) is -0.0342. The van der Waals surface area contributed by atoms with Crippen molar-refractivity contribution < 1.29 is 8.42 Å². The van der Waals surface area contributed by atoms with Crippen LogP contribution in [0.15, 0.2) is 11.0 Å². The summed E-state index contributed by atoms with van der Waals surface area (Å²) in [6, 6.07) is 1.70. The van der Waals surface area contributed by atoms with E-state index in [1.807, 2.05) is 13.8 Å². The molecule has 3 nitrogen and oxygen atoms in total.